The highest BCUT2D eigenvalue weighted by Gasteiger charge is 2.18. The highest BCUT2D eigenvalue weighted by Crippen LogP contribution is 2.25. The zero-order valence-corrected chi connectivity index (χ0v) is 12.4. The number of amides is 1. The van der Waals surface area contributed by atoms with Crippen molar-refractivity contribution in [3.63, 3.8) is 0 Å². The molecule has 1 aromatic carbocycles. The van der Waals surface area contributed by atoms with E-state index in [2.05, 4.69) is 5.32 Å². The topological polar surface area (TPSA) is 95.9 Å². The van der Waals surface area contributed by atoms with Gasteiger partial charge >= 0.3 is 5.97 Å². The molecule has 21 heavy (non-hydrogen) atoms. The van der Waals surface area contributed by atoms with Crippen LogP contribution in [0.4, 0.5) is 0 Å². The lowest BCUT2D eigenvalue weighted by molar-refractivity contribution is -0.142. The summed E-state index contributed by atoms with van der Waals surface area (Å²) in [5.41, 5.74) is 0.852. The van der Waals surface area contributed by atoms with Crippen molar-refractivity contribution in [3.8, 4) is 5.75 Å². The van der Waals surface area contributed by atoms with Crippen LogP contribution in [-0.2, 0) is 16.0 Å². The Labute approximate surface area is 127 Å². The van der Waals surface area contributed by atoms with Gasteiger partial charge in [-0.05, 0) is 24.1 Å². The van der Waals surface area contributed by atoms with Gasteiger partial charge in [0.05, 0.1) is 12.1 Å². The van der Waals surface area contributed by atoms with E-state index in [1.807, 2.05) is 0 Å². The number of aliphatic hydroxyl groups is 1. The normalized spacial score (nSPS) is 11.8. The number of carboxylic acid groups (broad SMARTS) is 1. The molecule has 0 spiro atoms. The fraction of sp³-hybridized carbons (Fsp3) is 0.429. The maximum absolute atomic E-state index is 11.7. The number of hydrogen-bond acceptors (Lipinski definition) is 4. The van der Waals surface area contributed by atoms with Gasteiger partial charge < -0.3 is 20.3 Å². The lowest BCUT2D eigenvalue weighted by atomic mass is 10.1. The van der Waals surface area contributed by atoms with Crippen molar-refractivity contribution >= 4 is 23.5 Å². The Morgan fingerprint density at radius 1 is 1.43 bits per heavy atom. The smallest absolute Gasteiger partial charge is 0.326 e. The standard InChI is InChI=1S/C14H18ClNO5/c1-21-12-4-2-9(8-10(12)15)3-5-13(18)16-11(6-7-17)14(19)20/h2,4,8,11,17H,3,5-7H2,1H3,(H,16,18)(H,19,20)/t11-/m0/s1. The lowest BCUT2D eigenvalue weighted by Crippen LogP contribution is -2.41. The molecule has 116 valence electrons. The maximum Gasteiger partial charge on any atom is 0.326 e. The van der Waals surface area contributed by atoms with Crippen LogP contribution in [0.25, 0.3) is 0 Å². The van der Waals surface area contributed by atoms with E-state index in [4.69, 9.17) is 26.6 Å². The van der Waals surface area contributed by atoms with E-state index in [1.54, 1.807) is 18.2 Å². The van der Waals surface area contributed by atoms with Crippen LogP contribution in [0, 0.1) is 0 Å². The maximum atomic E-state index is 11.7. The SMILES string of the molecule is COc1ccc(CCC(=O)N[C@@H](CCO)C(=O)O)cc1Cl. The van der Waals surface area contributed by atoms with Gasteiger partial charge in [-0.3, -0.25) is 4.79 Å². The van der Waals surface area contributed by atoms with Crippen molar-refractivity contribution in [1.29, 1.82) is 0 Å². The zero-order valence-electron chi connectivity index (χ0n) is 11.6. The Morgan fingerprint density at radius 3 is 2.67 bits per heavy atom. The van der Waals surface area contributed by atoms with Gasteiger partial charge in [-0.25, -0.2) is 4.79 Å². The van der Waals surface area contributed by atoms with E-state index < -0.39 is 12.0 Å². The molecule has 0 saturated carbocycles. The van der Waals surface area contributed by atoms with E-state index in [9.17, 15) is 9.59 Å². The average Bonchev–Trinajstić information content (AvgIpc) is 2.44. The predicted molar refractivity (Wildman–Crippen MR) is 77.6 cm³/mol. The number of carbonyl (C=O) groups excluding carboxylic acids is 1. The summed E-state index contributed by atoms with van der Waals surface area (Å²) in [7, 11) is 1.52. The van der Waals surface area contributed by atoms with E-state index in [0.717, 1.165) is 5.56 Å². The van der Waals surface area contributed by atoms with Crippen LogP contribution in [0.5, 0.6) is 5.75 Å². The average molecular weight is 316 g/mol. The van der Waals surface area contributed by atoms with Gasteiger partial charge in [0.15, 0.2) is 0 Å². The number of hydrogen-bond donors (Lipinski definition) is 3. The number of aliphatic hydroxyl groups excluding tert-OH is 1. The Hall–Kier alpha value is -1.79. The second kappa shape index (κ2) is 8.49. The third-order valence-electron chi connectivity index (χ3n) is 2.91. The van der Waals surface area contributed by atoms with Gasteiger partial charge in [-0.2, -0.15) is 0 Å². The molecule has 0 heterocycles. The number of methoxy groups -OCH3 is 1. The molecule has 0 saturated heterocycles. The highest BCUT2D eigenvalue weighted by molar-refractivity contribution is 6.32. The molecule has 0 aliphatic rings. The molecule has 1 rings (SSSR count). The monoisotopic (exact) mass is 315 g/mol. The number of halogens is 1. The second-order valence-electron chi connectivity index (χ2n) is 4.44. The van der Waals surface area contributed by atoms with Crippen LogP contribution in [0.15, 0.2) is 18.2 Å². The first-order valence-electron chi connectivity index (χ1n) is 6.43. The molecular formula is C14H18ClNO5. The Kier molecular flexibility index (Phi) is 6.98. The number of nitrogens with one attached hydrogen (secondary N) is 1. The number of rotatable bonds is 8. The molecule has 3 N–H and O–H groups in total. The minimum atomic E-state index is -1.16. The van der Waals surface area contributed by atoms with Gasteiger partial charge in [0.2, 0.25) is 5.91 Å². The molecule has 1 atom stereocenters. The summed E-state index contributed by atoms with van der Waals surface area (Å²) < 4.78 is 5.03. The molecule has 6 nitrogen and oxygen atoms in total. The number of aliphatic carboxylic acids is 1. The summed E-state index contributed by atoms with van der Waals surface area (Å²) in [5.74, 6) is -0.994. The number of ether oxygens (including phenoxy) is 1. The van der Waals surface area contributed by atoms with E-state index in [-0.39, 0.29) is 25.4 Å². The van der Waals surface area contributed by atoms with Crippen molar-refractivity contribution in [2.45, 2.75) is 25.3 Å². The van der Waals surface area contributed by atoms with Crippen LogP contribution in [0.1, 0.15) is 18.4 Å². The molecule has 7 heteroatoms. The quantitative estimate of drug-likeness (QED) is 0.670. The van der Waals surface area contributed by atoms with Crippen molar-refractivity contribution < 1.29 is 24.5 Å². The molecule has 0 fully saturated rings. The molecule has 0 aliphatic heterocycles. The lowest BCUT2D eigenvalue weighted by Gasteiger charge is -2.13. The van der Waals surface area contributed by atoms with Crippen molar-refractivity contribution in [3.05, 3.63) is 28.8 Å². The summed E-state index contributed by atoms with van der Waals surface area (Å²) in [4.78, 5) is 22.6. The minimum absolute atomic E-state index is 0.0184. The summed E-state index contributed by atoms with van der Waals surface area (Å²) in [5, 5.41) is 20.4. The van der Waals surface area contributed by atoms with Crippen LogP contribution in [0.3, 0.4) is 0 Å². The number of aryl methyl sites for hydroxylation is 1. The van der Waals surface area contributed by atoms with Crippen LogP contribution < -0.4 is 10.1 Å². The summed E-state index contributed by atoms with van der Waals surface area (Å²) in [6.45, 7) is -0.300. The Bertz CT molecular complexity index is 506. The van der Waals surface area contributed by atoms with Crippen LogP contribution in [0.2, 0.25) is 5.02 Å². The Balaban J connectivity index is 2.52. The van der Waals surface area contributed by atoms with E-state index in [0.29, 0.717) is 17.2 Å². The third kappa shape index (κ3) is 5.61. The largest absolute Gasteiger partial charge is 0.495 e. The molecule has 0 unspecified atom stereocenters. The molecule has 1 aromatic rings. The first kappa shape index (κ1) is 17.3. The summed E-state index contributed by atoms with van der Waals surface area (Å²) in [6, 6.07) is 4.14. The molecular weight excluding hydrogens is 298 g/mol. The zero-order chi connectivity index (χ0) is 15.8. The third-order valence-corrected chi connectivity index (χ3v) is 3.20. The van der Waals surface area contributed by atoms with Gasteiger partial charge in [0.1, 0.15) is 11.8 Å². The number of carbonyl (C=O) groups is 2. The molecule has 1 amide bonds. The second-order valence-corrected chi connectivity index (χ2v) is 4.85. The summed E-state index contributed by atoms with van der Waals surface area (Å²) >= 11 is 5.98. The van der Waals surface area contributed by atoms with Gasteiger partial charge in [-0.1, -0.05) is 17.7 Å². The van der Waals surface area contributed by atoms with Crippen molar-refractivity contribution in [1.82, 2.24) is 5.32 Å². The first-order chi connectivity index (χ1) is 9.97. The highest BCUT2D eigenvalue weighted by atomic mass is 35.5. The van der Waals surface area contributed by atoms with Gasteiger partial charge in [0, 0.05) is 19.4 Å². The first-order valence-corrected chi connectivity index (χ1v) is 6.81. The predicted octanol–water partition coefficient (Wildman–Crippen LogP) is 1.23. The molecule has 0 aliphatic carbocycles. The molecule has 0 aromatic heterocycles. The molecule has 0 radical (unpaired) electrons. The van der Waals surface area contributed by atoms with Crippen molar-refractivity contribution in [2.24, 2.45) is 0 Å². The Morgan fingerprint density at radius 2 is 2.14 bits per heavy atom. The number of carboxylic acids is 1. The van der Waals surface area contributed by atoms with Crippen LogP contribution >= 0.6 is 11.6 Å². The fourth-order valence-electron chi connectivity index (χ4n) is 1.78. The van der Waals surface area contributed by atoms with Crippen molar-refractivity contribution in [2.75, 3.05) is 13.7 Å². The summed E-state index contributed by atoms with van der Waals surface area (Å²) in [6.07, 6.45) is 0.550. The van der Waals surface area contributed by atoms with Gasteiger partial charge in [0.25, 0.3) is 0 Å². The number of benzene rings is 1. The van der Waals surface area contributed by atoms with E-state index >= 15 is 0 Å². The minimum Gasteiger partial charge on any atom is -0.495 e. The fourth-order valence-corrected chi connectivity index (χ4v) is 2.06. The van der Waals surface area contributed by atoms with E-state index in [1.165, 1.54) is 7.11 Å². The van der Waals surface area contributed by atoms with Crippen LogP contribution in [-0.4, -0.2) is 41.8 Å². The molecule has 0 bridgehead atoms. The van der Waals surface area contributed by atoms with Gasteiger partial charge in [-0.15, -0.1) is 0 Å².